The van der Waals surface area contributed by atoms with Crippen molar-refractivity contribution in [2.24, 2.45) is 0 Å². The van der Waals surface area contributed by atoms with E-state index in [-0.39, 0.29) is 11.8 Å². The highest BCUT2D eigenvalue weighted by Gasteiger charge is 2.33. The van der Waals surface area contributed by atoms with Gasteiger partial charge in [-0.3, -0.25) is 9.59 Å². The lowest BCUT2D eigenvalue weighted by atomic mass is 10.1. The van der Waals surface area contributed by atoms with Crippen molar-refractivity contribution >= 4 is 11.8 Å². The zero-order valence-corrected chi connectivity index (χ0v) is 12.3. The van der Waals surface area contributed by atoms with Gasteiger partial charge in [0.1, 0.15) is 0 Å². The van der Waals surface area contributed by atoms with Gasteiger partial charge in [0.05, 0.1) is 0 Å². The van der Waals surface area contributed by atoms with Crippen molar-refractivity contribution in [3.8, 4) is 0 Å². The van der Waals surface area contributed by atoms with Gasteiger partial charge in [-0.25, -0.2) is 0 Å². The minimum absolute atomic E-state index is 0.0403. The van der Waals surface area contributed by atoms with Gasteiger partial charge in [-0.15, -0.1) is 0 Å². The van der Waals surface area contributed by atoms with Crippen LogP contribution >= 0.6 is 0 Å². The lowest BCUT2D eigenvalue weighted by molar-refractivity contribution is -0.119. The molecule has 0 saturated carbocycles. The fraction of sp³-hybridized carbons (Fsp3) is 0.500. The molecular formula is C16H21N3O2. The Bertz CT molecular complexity index is 565. The Labute approximate surface area is 124 Å². The third-order valence-corrected chi connectivity index (χ3v) is 4.25. The first-order valence-electron chi connectivity index (χ1n) is 7.53. The minimum atomic E-state index is -0.0403. The summed E-state index contributed by atoms with van der Waals surface area (Å²) >= 11 is 0. The molecule has 1 aromatic carbocycles. The highest BCUT2D eigenvalue weighted by atomic mass is 16.2. The van der Waals surface area contributed by atoms with E-state index >= 15 is 0 Å². The summed E-state index contributed by atoms with van der Waals surface area (Å²) in [5.74, 6) is 0.103. The average Bonchev–Trinajstić information content (AvgIpc) is 2.83. The smallest absolute Gasteiger partial charge is 0.254 e. The Kier molecular flexibility index (Phi) is 3.92. The molecule has 1 saturated heterocycles. The molecule has 0 bridgehead atoms. The van der Waals surface area contributed by atoms with E-state index < -0.39 is 0 Å². The molecule has 0 aromatic heterocycles. The molecule has 0 aliphatic carbocycles. The third-order valence-electron chi connectivity index (χ3n) is 4.25. The van der Waals surface area contributed by atoms with Crippen molar-refractivity contribution in [3.63, 3.8) is 0 Å². The van der Waals surface area contributed by atoms with Crippen molar-refractivity contribution in [1.29, 1.82) is 0 Å². The summed E-state index contributed by atoms with van der Waals surface area (Å²) in [5.41, 5.74) is 2.93. The summed E-state index contributed by atoms with van der Waals surface area (Å²) in [6.45, 7) is 4.65. The van der Waals surface area contributed by atoms with E-state index in [1.165, 1.54) is 6.92 Å². The molecule has 5 heteroatoms. The topological polar surface area (TPSA) is 61.4 Å². The fourth-order valence-corrected chi connectivity index (χ4v) is 3.13. The second kappa shape index (κ2) is 5.85. The van der Waals surface area contributed by atoms with Crippen molar-refractivity contribution < 1.29 is 9.59 Å². The van der Waals surface area contributed by atoms with E-state index in [0.29, 0.717) is 19.1 Å². The molecule has 0 spiro atoms. The molecule has 1 aromatic rings. The first-order valence-corrected chi connectivity index (χ1v) is 7.53. The standard InChI is InChI=1S/C16H21N3O2/c1-11(20)18-8-12-4-5-15-13(7-12)10-19(16(15)21)14-3-2-6-17-9-14/h4-5,7,14,17H,2-3,6,8-10H2,1H3,(H,18,20)/t14-/m0/s1. The zero-order valence-electron chi connectivity index (χ0n) is 12.3. The predicted molar refractivity (Wildman–Crippen MR) is 79.7 cm³/mol. The van der Waals surface area contributed by atoms with Gasteiger partial charge in [0.15, 0.2) is 0 Å². The van der Waals surface area contributed by atoms with Crippen LogP contribution in [0.3, 0.4) is 0 Å². The number of benzene rings is 1. The molecule has 2 N–H and O–H groups in total. The summed E-state index contributed by atoms with van der Waals surface area (Å²) in [6.07, 6.45) is 2.20. The van der Waals surface area contributed by atoms with Crippen LogP contribution in [0.25, 0.3) is 0 Å². The number of nitrogens with one attached hydrogen (secondary N) is 2. The van der Waals surface area contributed by atoms with Gasteiger partial charge < -0.3 is 15.5 Å². The van der Waals surface area contributed by atoms with E-state index in [2.05, 4.69) is 10.6 Å². The average molecular weight is 287 g/mol. The molecule has 1 fully saturated rings. The van der Waals surface area contributed by atoms with Crippen LogP contribution in [-0.2, 0) is 17.9 Å². The largest absolute Gasteiger partial charge is 0.352 e. The number of hydrogen-bond acceptors (Lipinski definition) is 3. The number of fused-ring (bicyclic) bond motifs is 1. The predicted octanol–water partition coefficient (Wildman–Crippen LogP) is 1.03. The Morgan fingerprint density at radius 1 is 1.48 bits per heavy atom. The fourth-order valence-electron chi connectivity index (χ4n) is 3.13. The zero-order chi connectivity index (χ0) is 14.8. The molecule has 3 rings (SSSR count). The summed E-state index contributed by atoms with van der Waals surface area (Å²) in [7, 11) is 0. The Hall–Kier alpha value is -1.88. The second-order valence-electron chi connectivity index (χ2n) is 5.83. The van der Waals surface area contributed by atoms with Crippen LogP contribution in [0.1, 0.15) is 41.3 Å². The lowest BCUT2D eigenvalue weighted by Gasteiger charge is -2.31. The van der Waals surface area contributed by atoms with Gasteiger partial charge in [0.2, 0.25) is 5.91 Å². The van der Waals surface area contributed by atoms with Crippen LogP contribution in [0, 0.1) is 0 Å². The van der Waals surface area contributed by atoms with Gasteiger partial charge in [-0.1, -0.05) is 12.1 Å². The summed E-state index contributed by atoms with van der Waals surface area (Å²) < 4.78 is 0. The maximum atomic E-state index is 12.5. The number of piperidine rings is 1. The van der Waals surface area contributed by atoms with Crippen molar-refractivity contribution in [1.82, 2.24) is 15.5 Å². The molecule has 2 aliphatic heterocycles. The van der Waals surface area contributed by atoms with Crippen LogP contribution in [0.4, 0.5) is 0 Å². The molecule has 2 aliphatic rings. The number of nitrogens with zero attached hydrogens (tertiary/aromatic N) is 1. The number of hydrogen-bond donors (Lipinski definition) is 2. The first kappa shape index (κ1) is 14.1. The molecular weight excluding hydrogens is 266 g/mol. The van der Waals surface area contributed by atoms with Crippen molar-refractivity contribution in [2.45, 2.75) is 38.9 Å². The van der Waals surface area contributed by atoms with E-state index in [1.54, 1.807) is 0 Å². The maximum Gasteiger partial charge on any atom is 0.254 e. The maximum absolute atomic E-state index is 12.5. The second-order valence-corrected chi connectivity index (χ2v) is 5.83. The molecule has 5 nitrogen and oxygen atoms in total. The van der Waals surface area contributed by atoms with Crippen molar-refractivity contribution in [3.05, 3.63) is 34.9 Å². The molecule has 21 heavy (non-hydrogen) atoms. The third kappa shape index (κ3) is 2.93. The lowest BCUT2D eigenvalue weighted by Crippen LogP contribution is -2.46. The summed E-state index contributed by atoms with van der Waals surface area (Å²) in [5, 5.41) is 6.15. The number of amides is 2. The van der Waals surface area contributed by atoms with Crippen LogP contribution in [-0.4, -0.2) is 35.8 Å². The van der Waals surface area contributed by atoms with E-state index in [1.807, 2.05) is 23.1 Å². The molecule has 1 atom stereocenters. The Balaban J connectivity index is 1.74. The molecule has 0 radical (unpaired) electrons. The number of carbonyl (C=O) groups excluding carboxylic acids is 2. The quantitative estimate of drug-likeness (QED) is 0.873. The molecule has 112 valence electrons. The van der Waals surface area contributed by atoms with Crippen LogP contribution < -0.4 is 10.6 Å². The Morgan fingerprint density at radius 3 is 3.05 bits per heavy atom. The van der Waals surface area contributed by atoms with Gasteiger partial charge in [-0.05, 0) is 36.6 Å². The molecule has 2 amide bonds. The van der Waals surface area contributed by atoms with Gasteiger partial charge in [0.25, 0.3) is 5.91 Å². The van der Waals surface area contributed by atoms with Crippen LogP contribution in [0.5, 0.6) is 0 Å². The SMILES string of the molecule is CC(=O)NCc1ccc2c(c1)CN([C@H]1CCCNC1)C2=O. The number of rotatable bonds is 3. The minimum Gasteiger partial charge on any atom is -0.352 e. The monoisotopic (exact) mass is 287 g/mol. The van der Waals surface area contributed by atoms with Gasteiger partial charge >= 0.3 is 0 Å². The van der Waals surface area contributed by atoms with Gasteiger partial charge in [0, 0.05) is 38.2 Å². The van der Waals surface area contributed by atoms with E-state index in [9.17, 15) is 9.59 Å². The normalized spacial score (nSPS) is 21.3. The highest BCUT2D eigenvalue weighted by molar-refractivity contribution is 5.98. The van der Waals surface area contributed by atoms with Gasteiger partial charge in [-0.2, -0.15) is 0 Å². The molecule has 0 unspecified atom stereocenters. The van der Waals surface area contributed by atoms with E-state index in [4.69, 9.17) is 0 Å². The summed E-state index contributed by atoms with van der Waals surface area (Å²) in [4.78, 5) is 25.5. The van der Waals surface area contributed by atoms with Crippen molar-refractivity contribution in [2.75, 3.05) is 13.1 Å². The summed E-state index contributed by atoms with van der Waals surface area (Å²) in [6, 6.07) is 6.16. The first-order chi connectivity index (χ1) is 10.1. The highest BCUT2D eigenvalue weighted by Crippen LogP contribution is 2.27. The number of carbonyl (C=O) groups is 2. The van der Waals surface area contributed by atoms with E-state index in [0.717, 1.165) is 42.6 Å². The Morgan fingerprint density at radius 2 is 2.33 bits per heavy atom. The molecule has 2 heterocycles. The van der Waals surface area contributed by atoms with Crippen LogP contribution in [0.2, 0.25) is 0 Å². The van der Waals surface area contributed by atoms with Crippen LogP contribution in [0.15, 0.2) is 18.2 Å².